The Hall–Kier alpha value is -0.940. The molecule has 2 rings (SSSR count). The largest absolute Gasteiger partial charge is 0.329 e. The minimum atomic E-state index is 0.223. The number of pyridine rings is 1. The molecule has 2 aromatic rings. The lowest BCUT2D eigenvalue weighted by Gasteiger charge is -2.25. The summed E-state index contributed by atoms with van der Waals surface area (Å²) in [5.74, 6) is 0. The molecule has 0 saturated carbocycles. The van der Waals surface area contributed by atoms with Gasteiger partial charge in [0, 0.05) is 36.3 Å². The maximum atomic E-state index is 5.99. The molecule has 2 N–H and O–H groups in total. The third-order valence-electron chi connectivity index (χ3n) is 3.12. The second kappa shape index (κ2) is 7.01. The number of hydrogen-bond acceptors (Lipinski definition) is 4. The number of nitrogens with two attached hydrogens (primary N) is 1. The van der Waals surface area contributed by atoms with Gasteiger partial charge in [-0.15, -0.1) is 11.3 Å². The molecule has 2 aromatic heterocycles. The number of hydrogen-bond donors (Lipinski definition) is 1. The van der Waals surface area contributed by atoms with Gasteiger partial charge in [0.25, 0.3) is 0 Å². The Balaban J connectivity index is 1.96. The van der Waals surface area contributed by atoms with Crippen LogP contribution in [-0.4, -0.2) is 30.0 Å². The van der Waals surface area contributed by atoms with Gasteiger partial charge >= 0.3 is 0 Å². The van der Waals surface area contributed by atoms with Crippen LogP contribution in [0.1, 0.15) is 16.6 Å². The van der Waals surface area contributed by atoms with Gasteiger partial charge in [-0.1, -0.05) is 17.7 Å². The number of halogens is 1. The van der Waals surface area contributed by atoms with Crippen molar-refractivity contribution < 1.29 is 0 Å². The van der Waals surface area contributed by atoms with Gasteiger partial charge in [-0.05, 0) is 31.3 Å². The van der Waals surface area contributed by atoms with E-state index in [-0.39, 0.29) is 6.04 Å². The van der Waals surface area contributed by atoms with Gasteiger partial charge in [0.15, 0.2) is 0 Å². The van der Waals surface area contributed by atoms with E-state index >= 15 is 0 Å². The molecule has 0 aliphatic carbocycles. The van der Waals surface area contributed by atoms with E-state index in [0.29, 0.717) is 6.54 Å². The first-order valence-electron chi connectivity index (χ1n) is 6.26. The Bertz CT molecular complexity index is 500. The van der Waals surface area contributed by atoms with E-state index in [1.54, 1.807) is 11.3 Å². The molecular formula is C14H18ClN3S. The molecular weight excluding hydrogens is 278 g/mol. The third-order valence-corrected chi connectivity index (χ3v) is 4.46. The van der Waals surface area contributed by atoms with Crippen LogP contribution in [-0.2, 0) is 6.42 Å². The van der Waals surface area contributed by atoms with Crippen LogP contribution in [0.15, 0.2) is 36.5 Å². The average Bonchev–Trinajstić information content (AvgIpc) is 2.85. The molecule has 3 nitrogen and oxygen atoms in total. The highest BCUT2D eigenvalue weighted by molar-refractivity contribution is 7.16. The maximum absolute atomic E-state index is 5.99. The smallest absolute Gasteiger partial charge is 0.0931 e. The summed E-state index contributed by atoms with van der Waals surface area (Å²) < 4.78 is 0.812. The lowest BCUT2D eigenvalue weighted by Crippen LogP contribution is -2.31. The van der Waals surface area contributed by atoms with Crippen molar-refractivity contribution in [2.24, 2.45) is 5.73 Å². The number of rotatable bonds is 6. The Kier molecular flexibility index (Phi) is 5.34. The summed E-state index contributed by atoms with van der Waals surface area (Å²) in [6.07, 6.45) is 2.75. The highest BCUT2D eigenvalue weighted by Crippen LogP contribution is 2.29. The fraction of sp³-hybridized carbons (Fsp3) is 0.357. The normalized spacial score (nSPS) is 12.8. The van der Waals surface area contributed by atoms with Gasteiger partial charge < -0.3 is 5.73 Å². The summed E-state index contributed by atoms with van der Waals surface area (Å²) in [7, 11) is 2.09. The first-order valence-corrected chi connectivity index (χ1v) is 7.45. The Morgan fingerprint density at radius 3 is 2.79 bits per heavy atom. The number of likely N-dealkylation sites (N-methyl/N-ethyl adjacent to an activating group) is 1. The van der Waals surface area contributed by atoms with Gasteiger partial charge in [0.05, 0.1) is 10.4 Å². The molecule has 1 atom stereocenters. The molecule has 0 radical (unpaired) electrons. The van der Waals surface area contributed by atoms with Crippen LogP contribution in [0.2, 0.25) is 4.34 Å². The highest BCUT2D eigenvalue weighted by Gasteiger charge is 2.17. The zero-order valence-corrected chi connectivity index (χ0v) is 12.5. The van der Waals surface area contributed by atoms with Crippen LogP contribution in [0, 0.1) is 0 Å². The Morgan fingerprint density at radius 2 is 2.21 bits per heavy atom. The van der Waals surface area contributed by atoms with Gasteiger partial charge in [0.1, 0.15) is 0 Å². The molecule has 0 bridgehead atoms. The summed E-state index contributed by atoms with van der Waals surface area (Å²) >= 11 is 7.59. The summed E-state index contributed by atoms with van der Waals surface area (Å²) in [6, 6.07) is 10.2. The van der Waals surface area contributed by atoms with Crippen LogP contribution < -0.4 is 5.73 Å². The molecule has 2 heterocycles. The summed E-state index contributed by atoms with van der Waals surface area (Å²) in [5.41, 5.74) is 7.00. The van der Waals surface area contributed by atoms with Crippen LogP contribution in [0.3, 0.4) is 0 Å². The van der Waals surface area contributed by atoms with E-state index < -0.39 is 0 Å². The van der Waals surface area contributed by atoms with Crippen molar-refractivity contribution in [2.45, 2.75) is 12.5 Å². The molecule has 1 unspecified atom stereocenters. The molecule has 0 spiro atoms. The van der Waals surface area contributed by atoms with E-state index in [4.69, 9.17) is 17.3 Å². The predicted molar refractivity (Wildman–Crippen MR) is 81.7 cm³/mol. The maximum Gasteiger partial charge on any atom is 0.0931 e. The zero-order chi connectivity index (χ0) is 13.7. The number of aromatic nitrogens is 1. The molecule has 0 aliphatic heterocycles. The van der Waals surface area contributed by atoms with E-state index in [9.17, 15) is 0 Å². The number of nitrogens with zero attached hydrogens (tertiary/aromatic N) is 2. The highest BCUT2D eigenvalue weighted by atomic mass is 35.5. The monoisotopic (exact) mass is 295 g/mol. The van der Waals surface area contributed by atoms with Crippen LogP contribution in [0.5, 0.6) is 0 Å². The van der Waals surface area contributed by atoms with Gasteiger partial charge in [0.2, 0.25) is 0 Å². The quantitative estimate of drug-likeness (QED) is 0.891. The Morgan fingerprint density at radius 1 is 1.37 bits per heavy atom. The topological polar surface area (TPSA) is 42.2 Å². The minimum Gasteiger partial charge on any atom is -0.329 e. The van der Waals surface area contributed by atoms with Crippen molar-refractivity contribution in [2.75, 3.05) is 20.1 Å². The van der Waals surface area contributed by atoms with Crippen molar-refractivity contribution in [3.63, 3.8) is 0 Å². The molecule has 19 heavy (non-hydrogen) atoms. The molecule has 0 fully saturated rings. The molecule has 5 heteroatoms. The SMILES string of the molecule is CN(CCc1ccccn1)C(CN)c1ccc(Cl)s1. The molecule has 0 aliphatic rings. The summed E-state index contributed by atoms with van der Waals surface area (Å²) in [5, 5.41) is 0. The fourth-order valence-electron chi connectivity index (χ4n) is 2.01. The van der Waals surface area contributed by atoms with Crippen LogP contribution >= 0.6 is 22.9 Å². The summed E-state index contributed by atoms with van der Waals surface area (Å²) in [6.45, 7) is 1.52. The lowest BCUT2D eigenvalue weighted by atomic mass is 10.2. The molecule has 0 aromatic carbocycles. The van der Waals surface area contributed by atoms with Crippen molar-refractivity contribution in [3.05, 3.63) is 51.4 Å². The van der Waals surface area contributed by atoms with Gasteiger partial charge in [-0.25, -0.2) is 0 Å². The van der Waals surface area contributed by atoms with Gasteiger partial charge in [-0.2, -0.15) is 0 Å². The molecule has 0 saturated heterocycles. The van der Waals surface area contributed by atoms with E-state index in [2.05, 4.69) is 23.0 Å². The van der Waals surface area contributed by atoms with Crippen molar-refractivity contribution >= 4 is 22.9 Å². The standard InChI is InChI=1S/C14H18ClN3S/c1-18(9-7-11-4-2-3-8-17-11)12(10-16)13-5-6-14(15)19-13/h2-6,8,12H,7,9-10,16H2,1H3. The molecule has 102 valence electrons. The van der Waals surface area contributed by atoms with Crippen molar-refractivity contribution in [1.82, 2.24) is 9.88 Å². The van der Waals surface area contributed by atoms with Crippen LogP contribution in [0.25, 0.3) is 0 Å². The Labute approximate surface area is 123 Å². The van der Waals surface area contributed by atoms with E-state index in [0.717, 1.165) is 23.0 Å². The second-order valence-corrected chi connectivity index (χ2v) is 6.19. The predicted octanol–water partition coefficient (Wildman–Crippen LogP) is 2.97. The summed E-state index contributed by atoms with van der Waals surface area (Å²) in [4.78, 5) is 7.82. The van der Waals surface area contributed by atoms with Crippen molar-refractivity contribution in [1.29, 1.82) is 0 Å². The van der Waals surface area contributed by atoms with Gasteiger partial charge in [-0.3, -0.25) is 9.88 Å². The zero-order valence-electron chi connectivity index (χ0n) is 10.9. The first kappa shape index (κ1) is 14.5. The van der Waals surface area contributed by atoms with Crippen molar-refractivity contribution in [3.8, 4) is 0 Å². The second-order valence-electron chi connectivity index (χ2n) is 4.45. The lowest BCUT2D eigenvalue weighted by molar-refractivity contribution is 0.256. The third kappa shape index (κ3) is 4.01. The molecule has 0 amide bonds. The number of thiophene rings is 1. The first-order chi connectivity index (χ1) is 9.20. The average molecular weight is 296 g/mol. The fourth-order valence-corrected chi connectivity index (χ4v) is 3.25. The van der Waals surface area contributed by atoms with Crippen LogP contribution in [0.4, 0.5) is 0 Å². The van der Waals surface area contributed by atoms with E-state index in [1.165, 1.54) is 4.88 Å². The van der Waals surface area contributed by atoms with E-state index in [1.807, 2.05) is 30.5 Å². The minimum absolute atomic E-state index is 0.223.